The van der Waals surface area contributed by atoms with Gasteiger partial charge in [0.1, 0.15) is 0 Å². The monoisotopic (exact) mass is 302 g/mol. The number of hydrogen-bond donors (Lipinski definition) is 0. The summed E-state index contributed by atoms with van der Waals surface area (Å²) in [7, 11) is -3.23. The summed E-state index contributed by atoms with van der Waals surface area (Å²) in [4.78, 5) is 0. The second-order valence-corrected chi connectivity index (χ2v) is 6.78. The molecule has 112 valence electrons. The predicted molar refractivity (Wildman–Crippen MR) is 84.4 cm³/mol. The van der Waals surface area contributed by atoms with Gasteiger partial charge in [0.05, 0.1) is 12.4 Å². The average molecular weight is 302 g/mol. The standard InChI is InChI=1S/C14H30O3S.Na.H/c1-3-5-6-7-8-9-10-11-12-13-14-17-18(15,16)4-2;;/h3-14H2,1-2H3;;. The molecule has 0 aromatic carbocycles. The van der Waals surface area contributed by atoms with E-state index in [0.717, 1.165) is 12.8 Å². The van der Waals surface area contributed by atoms with Crippen molar-refractivity contribution in [2.75, 3.05) is 12.4 Å². The van der Waals surface area contributed by atoms with Gasteiger partial charge in [-0.05, 0) is 13.3 Å². The third kappa shape index (κ3) is 16.9. The molecule has 0 aliphatic heterocycles. The van der Waals surface area contributed by atoms with E-state index < -0.39 is 10.1 Å². The molecule has 0 atom stereocenters. The molecule has 0 amide bonds. The first-order chi connectivity index (χ1) is 8.62. The van der Waals surface area contributed by atoms with Crippen LogP contribution in [-0.2, 0) is 14.3 Å². The second kappa shape index (κ2) is 15.3. The van der Waals surface area contributed by atoms with Crippen LogP contribution in [0.25, 0.3) is 0 Å². The Balaban J connectivity index is 0. The van der Waals surface area contributed by atoms with Crippen molar-refractivity contribution in [3.05, 3.63) is 0 Å². The maximum absolute atomic E-state index is 11.0. The summed E-state index contributed by atoms with van der Waals surface area (Å²) in [6.45, 7) is 4.20. The van der Waals surface area contributed by atoms with Gasteiger partial charge in [0.15, 0.2) is 0 Å². The molecule has 0 fully saturated rings. The molecule has 0 spiro atoms. The van der Waals surface area contributed by atoms with Gasteiger partial charge in [-0.3, -0.25) is 4.18 Å². The van der Waals surface area contributed by atoms with E-state index in [0.29, 0.717) is 6.61 Å². The Morgan fingerprint density at radius 2 is 1.16 bits per heavy atom. The van der Waals surface area contributed by atoms with E-state index >= 15 is 0 Å². The van der Waals surface area contributed by atoms with Crippen LogP contribution < -0.4 is 0 Å². The molecule has 0 saturated heterocycles. The van der Waals surface area contributed by atoms with Crippen molar-refractivity contribution >= 4 is 39.7 Å². The number of unbranched alkanes of at least 4 members (excludes halogenated alkanes) is 9. The Kier molecular flexibility index (Phi) is 17.9. The third-order valence-corrected chi connectivity index (χ3v) is 4.35. The Morgan fingerprint density at radius 1 is 0.737 bits per heavy atom. The molecule has 0 N–H and O–H groups in total. The summed E-state index contributed by atoms with van der Waals surface area (Å²) in [6, 6.07) is 0. The van der Waals surface area contributed by atoms with E-state index in [-0.39, 0.29) is 35.3 Å². The minimum atomic E-state index is -3.23. The number of rotatable bonds is 13. The maximum atomic E-state index is 11.0. The normalized spacial score (nSPS) is 11.3. The van der Waals surface area contributed by atoms with Gasteiger partial charge < -0.3 is 0 Å². The van der Waals surface area contributed by atoms with E-state index in [2.05, 4.69) is 6.92 Å². The zero-order valence-corrected chi connectivity index (χ0v) is 12.9. The van der Waals surface area contributed by atoms with Crippen molar-refractivity contribution in [3.8, 4) is 0 Å². The van der Waals surface area contributed by atoms with E-state index in [4.69, 9.17) is 4.18 Å². The minimum absolute atomic E-state index is 0. The topological polar surface area (TPSA) is 43.4 Å². The van der Waals surface area contributed by atoms with Crippen LogP contribution in [0.3, 0.4) is 0 Å². The van der Waals surface area contributed by atoms with Gasteiger partial charge in [-0.1, -0.05) is 64.7 Å². The van der Waals surface area contributed by atoms with Gasteiger partial charge in [-0.15, -0.1) is 0 Å². The first kappa shape index (κ1) is 22.2. The Morgan fingerprint density at radius 3 is 1.58 bits per heavy atom. The SMILES string of the molecule is CCCCCCCCCCCCOS(=O)(=O)CC.[NaH]. The van der Waals surface area contributed by atoms with Crippen molar-refractivity contribution in [3.63, 3.8) is 0 Å². The van der Waals surface area contributed by atoms with Gasteiger partial charge in [-0.25, -0.2) is 0 Å². The third-order valence-electron chi connectivity index (χ3n) is 3.11. The summed E-state index contributed by atoms with van der Waals surface area (Å²) in [5, 5.41) is 0. The quantitative estimate of drug-likeness (QED) is 0.296. The molecule has 0 saturated carbocycles. The summed E-state index contributed by atoms with van der Waals surface area (Å²) in [5.74, 6) is 0.0742. The van der Waals surface area contributed by atoms with Gasteiger partial charge in [0.2, 0.25) is 0 Å². The molecule has 3 nitrogen and oxygen atoms in total. The summed E-state index contributed by atoms with van der Waals surface area (Å²) in [6.07, 6.45) is 12.5. The molecule has 0 bridgehead atoms. The molecular weight excluding hydrogens is 271 g/mol. The molecule has 0 aliphatic rings. The molecule has 0 aromatic heterocycles. The average Bonchev–Trinajstić information content (AvgIpc) is 2.36. The Labute approximate surface area is 142 Å². The first-order valence-electron chi connectivity index (χ1n) is 7.49. The van der Waals surface area contributed by atoms with E-state index in [9.17, 15) is 8.42 Å². The van der Waals surface area contributed by atoms with E-state index in [1.165, 1.54) is 51.4 Å². The molecular formula is C14H31NaO3S. The fourth-order valence-electron chi connectivity index (χ4n) is 1.86. The van der Waals surface area contributed by atoms with Crippen LogP contribution in [0, 0.1) is 0 Å². The molecule has 0 heterocycles. The summed E-state index contributed by atoms with van der Waals surface area (Å²) >= 11 is 0. The van der Waals surface area contributed by atoms with E-state index in [1.54, 1.807) is 6.92 Å². The molecule has 0 unspecified atom stereocenters. The first-order valence-corrected chi connectivity index (χ1v) is 9.07. The summed E-state index contributed by atoms with van der Waals surface area (Å²) < 4.78 is 26.9. The van der Waals surface area contributed by atoms with Crippen molar-refractivity contribution in [2.45, 2.75) is 78.1 Å². The molecule has 0 aromatic rings. The van der Waals surface area contributed by atoms with Gasteiger partial charge in [0, 0.05) is 0 Å². The van der Waals surface area contributed by atoms with Gasteiger partial charge in [-0.2, -0.15) is 8.42 Å². The number of hydrogen-bond acceptors (Lipinski definition) is 3. The predicted octanol–water partition coefficient (Wildman–Crippen LogP) is 3.63. The van der Waals surface area contributed by atoms with Gasteiger partial charge >= 0.3 is 29.6 Å². The molecule has 0 radical (unpaired) electrons. The second-order valence-electron chi connectivity index (χ2n) is 4.85. The van der Waals surface area contributed by atoms with E-state index in [1.807, 2.05) is 0 Å². The fourth-order valence-corrected chi connectivity index (χ4v) is 2.40. The molecule has 0 aliphatic carbocycles. The van der Waals surface area contributed by atoms with Crippen LogP contribution in [0.1, 0.15) is 78.1 Å². The van der Waals surface area contributed by atoms with Crippen molar-refractivity contribution < 1.29 is 12.6 Å². The molecule has 5 heteroatoms. The van der Waals surface area contributed by atoms with Crippen LogP contribution in [0.5, 0.6) is 0 Å². The molecule has 19 heavy (non-hydrogen) atoms. The Hall–Kier alpha value is 0.910. The van der Waals surface area contributed by atoms with Crippen molar-refractivity contribution in [1.29, 1.82) is 0 Å². The molecule has 0 rings (SSSR count). The Bertz CT molecular complexity index is 266. The van der Waals surface area contributed by atoms with Crippen molar-refractivity contribution in [1.82, 2.24) is 0 Å². The van der Waals surface area contributed by atoms with Crippen LogP contribution in [0.2, 0.25) is 0 Å². The van der Waals surface area contributed by atoms with Gasteiger partial charge in [0.25, 0.3) is 10.1 Å². The van der Waals surface area contributed by atoms with Crippen LogP contribution in [0.15, 0.2) is 0 Å². The van der Waals surface area contributed by atoms with Crippen LogP contribution >= 0.6 is 0 Å². The summed E-state index contributed by atoms with van der Waals surface area (Å²) in [5.41, 5.74) is 0. The zero-order chi connectivity index (χ0) is 13.7. The fraction of sp³-hybridized carbons (Fsp3) is 1.00. The van der Waals surface area contributed by atoms with Crippen LogP contribution in [0.4, 0.5) is 0 Å². The van der Waals surface area contributed by atoms with Crippen molar-refractivity contribution in [2.24, 2.45) is 0 Å². The zero-order valence-electron chi connectivity index (χ0n) is 12.1. The van der Waals surface area contributed by atoms with Crippen LogP contribution in [-0.4, -0.2) is 50.3 Å².